The molecule has 0 amide bonds. The molecule has 0 radical (unpaired) electrons. The second-order valence-corrected chi connectivity index (χ2v) is 3.06. The SMILES string of the molecule is CC#CCC(O)c1ccc(C)cc1. The summed E-state index contributed by atoms with van der Waals surface area (Å²) in [6, 6.07) is 7.88. The van der Waals surface area contributed by atoms with Crippen molar-refractivity contribution in [3.63, 3.8) is 0 Å². The second-order valence-electron chi connectivity index (χ2n) is 3.06. The minimum Gasteiger partial charge on any atom is -0.387 e. The maximum Gasteiger partial charge on any atom is 0.0899 e. The van der Waals surface area contributed by atoms with Gasteiger partial charge in [-0.1, -0.05) is 29.8 Å². The van der Waals surface area contributed by atoms with Crippen LogP contribution in [0.5, 0.6) is 0 Å². The zero-order valence-electron chi connectivity index (χ0n) is 8.04. The Hall–Kier alpha value is -1.26. The molecule has 0 aromatic heterocycles. The van der Waals surface area contributed by atoms with Gasteiger partial charge in [0.05, 0.1) is 6.10 Å². The van der Waals surface area contributed by atoms with Gasteiger partial charge < -0.3 is 5.11 Å². The second kappa shape index (κ2) is 4.69. The largest absolute Gasteiger partial charge is 0.387 e. The van der Waals surface area contributed by atoms with Gasteiger partial charge in [0.2, 0.25) is 0 Å². The summed E-state index contributed by atoms with van der Waals surface area (Å²) in [7, 11) is 0. The molecule has 1 unspecified atom stereocenters. The van der Waals surface area contributed by atoms with E-state index in [2.05, 4.69) is 11.8 Å². The molecule has 13 heavy (non-hydrogen) atoms. The Labute approximate surface area is 79.4 Å². The van der Waals surface area contributed by atoms with Crippen molar-refractivity contribution in [1.82, 2.24) is 0 Å². The maximum absolute atomic E-state index is 9.64. The molecule has 1 aromatic carbocycles. The molecule has 0 saturated carbocycles. The van der Waals surface area contributed by atoms with Crippen LogP contribution in [0.4, 0.5) is 0 Å². The van der Waals surface area contributed by atoms with Crippen molar-refractivity contribution >= 4 is 0 Å². The van der Waals surface area contributed by atoms with Gasteiger partial charge in [-0.05, 0) is 19.4 Å². The molecule has 0 aliphatic heterocycles. The highest BCUT2D eigenvalue weighted by Crippen LogP contribution is 2.15. The summed E-state index contributed by atoms with van der Waals surface area (Å²) in [6.45, 7) is 3.81. The Kier molecular flexibility index (Phi) is 3.54. The molecule has 1 heteroatoms. The first-order valence-corrected chi connectivity index (χ1v) is 4.38. The highest BCUT2D eigenvalue weighted by Gasteiger charge is 2.03. The fourth-order valence-electron chi connectivity index (χ4n) is 1.11. The molecule has 1 aromatic rings. The van der Waals surface area contributed by atoms with E-state index in [4.69, 9.17) is 0 Å². The Morgan fingerprint density at radius 1 is 1.31 bits per heavy atom. The Morgan fingerprint density at radius 2 is 1.92 bits per heavy atom. The van der Waals surface area contributed by atoms with Gasteiger partial charge in [-0.3, -0.25) is 0 Å². The van der Waals surface area contributed by atoms with E-state index in [0.717, 1.165) is 5.56 Å². The minimum atomic E-state index is -0.451. The number of hydrogen-bond acceptors (Lipinski definition) is 1. The first-order valence-electron chi connectivity index (χ1n) is 4.38. The van der Waals surface area contributed by atoms with E-state index in [-0.39, 0.29) is 0 Å². The van der Waals surface area contributed by atoms with Crippen molar-refractivity contribution in [2.24, 2.45) is 0 Å². The third-order valence-corrected chi connectivity index (χ3v) is 1.93. The van der Waals surface area contributed by atoms with Crippen molar-refractivity contribution in [3.8, 4) is 11.8 Å². The third-order valence-electron chi connectivity index (χ3n) is 1.93. The van der Waals surface area contributed by atoms with Gasteiger partial charge in [-0.25, -0.2) is 0 Å². The van der Waals surface area contributed by atoms with Gasteiger partial charge in [0, 0.05) is 6.42 Å². The predicted octanol–water partition coefficient (Wildman–Crippen LogP) is 2.44. The molecule has 1 N–H and O–H groups in total. The summed E-state index contributed by atoms with van der Waals surface area (Å²) in [5, 5.41) is 9.64. The number of hydrogen-bond donors (Lipinski definition) is 1. The third kappa shape index (κ3) is 2.93. The summed E-state index contributed by atoms with van der Waals surface area (Å²) >= 11 is 0. The molecule has 0 aliphatic carbocycles. The summed E-state index contributed by atoms with van der Waals surface area (Å²) in [6.07, 6.45) is 0.0626. The smallest absolute Gasteiger partial charge is 0.0899 e. The summed E-state index contributed by atoms with van der Waals surface area (Å²) in [5.74, 6) is 5.63. The fourth-order valence-corrected chi connectivity index (χ4v) is 1.11. The Balaban J connectivity index is 2.69. The molecular formula is C12H14O. The predicted molar refractivity (Wildman–Crippen MR) is 54.2 cm³/mol. The van der Waals surface area contributed by atoms with E-state index in [1.807, 2.05) is 31.2 Å². The van der Waals surface area contributed by atoms with Crippen LogP contribution < -0.4 is 0 Å². The van der Waals surface area contributed by atoms with Crippen LogP contribution >= 0.6 is 0 Å². The molecule has 0 saturated heterocycles. The van der Waals surface area contributed by atoms with Crippen molar-refractivity contribution in [3.05, 3.63) is 35.4 Å². The van der Waals surface area contributed by atoms with Crippen LogP contribution in [0, 0.1) is 18.8 Å². The highest BCUT2D eigenvalue weighted by molar-refractivity contribution is 5.23. The van der Waals surface area contributed by atoms with E-state index in [9.17, 15) is 5.11 Å². The molecule has 0 heterocycles. The van der Waals surface area contributed by atoms with Gasteiger partial charge in [0.15, 0.2) is 0 Å². The van der Waals surface area contributed by atoms with Crippen LogP contribution in [0.15, 0.2) is 24.3 Å². The van der Waals surface area contributed by atoms with E-state index >= 15 is 0 Å². The van der Waals surface area contributed by atoms with Crippen molar-refractivity contribution in [1.29, 1.82) is 0 Å². The van der Waals surface area contributed by atoms with Gasteiger partial charge in [0.25, 0.3) is 0 Å². The monoisotopic (exact) mass is 174 g/mol. The number of aryl methyl sites for hydroxylation is 1. The Morgan fingerprint density at radius 3 is 2.46 bits per heavy atom. The first-order chi connectivity index (χ1) is 6.24. The van der Waals surface area contributed by atoms with Crippen LogP contribution in [0.1, 0.15) is 30.6 Å². The molecule has 0 spiro atoms. The lowest BCUT2D eigenvalue weighted by Gasteiger charge is -2.06. The van der Waals surface area contributed by atoms with E-state index < -0.39 is 6.10 Å². The average Bonchev–Trinajstić information content (AvgIpc) is 2.15. The summed E-state index contributed by atoms with van der Waals surface area (Å²) in [5.41, 5.74) is 2.14. The van der Waals surface area contributed by atoms with Crippen LogP contribution in [0.3, 0.4) is 0 Å². The minimum absolute atomic E-state index is 0.451. The molecule has 1 atom stereocenters. The lowest BCUT2D eigenvalue weighted by Crippen LogP contribution is -1.95. The topological polar surface area (TPSA) is 20.2 Å². The molecule has 0 bridgehead atoms. The Bertz CT molecular complexity index is 313. The molecule has 1 rings (SSSR count). The normalized spacial score (nSPS) is 11.6. The molecular weight excluding hydrogens is 160 g/mol. The number of benzene rings is 1. The van der Waals surface area contributed by atoms with E-state index in [1.165, 1.54) is 5.56 Å². The van der Waals surface area contributed by atoms with Crippen molar-refractivity contribution in [2.45, 2.75) is 26.4 Å². The number of aliphatic hydroxyl groups is 1. The lowest BCUT2D eigenvalue weighted by atomic mass is 10.1. The zero-order valence-corrected chi connectivity index (χ0v) is 8.04. The number of rotatable bonds is 2. The van der Waals surface area contributed by atoms with E-state index in [1.54, 1.807) is 6.92 Å². The zero-order chi connectivity index (χ0) is 9.68. The first kappa shape index (κ1) is 9.83. The van der Waals surface area contributed by atoms with Crippen LogP contribution in [-0.2, 0) is 0 Å². The molecule has 1 nitrogen and oxygen atoms in total. The molecule has 0 aliphatic rings. The fraction of sp³-hybridized carbons (Fsp3) is 0.333. The average molecular weight is 174 g/mol. The van der Waals surface area contributed by atoms with E-state index in [0.29, 0.717) is 6.42 Å². The van der Waals surface area contributed by atoms with Crippen molar-refractivity contribution in [2.75, 3.05) is 0 Å². The highest BCUT2D eigenvalue weighted by atomic mass is 16.3. The molecule has 68 valence electrons. The van der Waals surface area contributed by atoms with Gasteiger partial charge in [-0.2, -0.15) is 0 Å². The lowest BCUT2D eigenvalue weighted by molar-refractivity contribution is 0.184. The van der Waals surface area contributed by atoms with Gasteiger partial charge in [0.1, 0.15) is 0 Å². The van der Waals surface area contributed by atoms with Gasteiger partial charge >= 0.3 is 0 Å². The summed E-state index contributed by atoms with van der Waals surface area (Å²) < 4.78 is 0. The standard InChI is InChI=1S/C12H14O/c1-3-4-5-12(13)11-8-6-10(2)7-9-11/h6-9,12-13H,5H2,1-2H3. The van der Waals surface area contributed by atoms with Crippen LogP contribution in [-0.4, -0.2) is 5.11 Å². The molecule has 0 fully saturated rings. The quantitative estimate of drug-likeness (QED) is 0.683. The maximum atomic E-state index is 9.64. The number of aliphatic hydroxyl groups excluding tert-OH is 1. The van der Waals surface area contributed by atoms with Gasteiger partial charge in [-0.15, -0.1) is 11.8 Å². The van der Waals surface area contributed by atoms with Crippen molar-refractivity contribution < 1.29 is 5.11 Å². The van der Waals surface area contributed by atoms with Crippen LogP contribution in [0.25, 0.3) is 0 Å². The van der Waals surface area contributed by atoms with Crippen LogP contribution in [0.2, 0.25) is 0 Å². The summed E-state index contributed by atoms with van der Waals surface area (Å²) in [4.78, 5) is 0.